The molecule has 1 aliphatic heterocycles. The molecule has 0 aliphatic carbocycles. The maximum absolute atomic E-state index is 12.1. The minimum atomic E-state index is -0.446. The number of thiocarbonyl (C=S) groups is 1. The van der Waals surface area contributed by atoms with Crippen molar-refractivity contribution < 1.29 is 9.53 Å². The zero-order valence-electron chi connectivity index (χ0n) is 10.9. The van der Waals surface area contributed by atoms with E-state index in [1.54, 1.807) is 0 Å². The van der Waals surface area contributed by atoms with Gasteiger partial charge in [-0.15, -0.1) is 0 Å². The first-order valence-corrected chi connectivity index (χ1v) is 6.84. The predicted octanol–water partition coefficient (Wildman–Crippen LogP) is 1.56. The number of benzene rings is 1. The molecule has 102 valence electrons. The second-order valence-corrected chi connectivity index (χ2v) is 5.23. The fraction of sp³-hybridized carbons (Fsp3) is 0.429. The van der Waals surface area contributed by atoms with Gasteiger partial charge in [-0.3, -0.25) is 4.79 Å². The van der Waals surface area contributed by atoms with Gasteiger partial charge < -0.3 is 15.8 Å². The van der Waals surface area contributed by atoms with Gasteiger partial charge in [-0.1, -0.05) is 37.3 Å². The Labute approximate surface area is 118 Å². The van der Waals surface area contributed by atoms with Gasteiger partial charge in [-0.2, -0.15) is 0 Å². The molecule has 0 aromatic heterocycles. The van der Waals surface area contributed by atoms with E-state index >= 15 is 0 Å². The minimum absolute atomic E-state index is 0.0164. The number of carbonyl (C=O) groups excluding carboxylic acids is 1. The first kappa shape index (κ1) is 13.8. The van der Waals surface area contributed by atoms with E-state index in [1.807, 2.05) is 31.2 Å². The van der Waals surface area contributed by atoms with Crippen LogP contribution in [0, 0.1) is 0 Å². The average molecular weight is 278 g/mol. The summed E-state index contributed by atoms with van der Waals surface area (Å²) in [6, 6.07) is 7.70. The van der Waals surface area contributed by atoms with Crippen molar-refractivity contribution >= 4 is 23.1 Å². The fourth-order valence-corrected chi connectivity index (χ4v) is 2.36. The van der Waals surface area contributed by atoms with Crippen LogP contribution in [0.15, 0.2) is 24.3 Å². The summed E-state index contributed by atoms with van der Waals surface area (Å²) in [5, 5.41) is 2.94. The zero-order chi connectivity index (χ0) is 13.8. The van der Waals surface area contributed by atoms with E-state index in [4.69, 9.17) is 22.7 Å². The summed E-state index contributed by atoms with van der Waals surface area (Å²) >= 11 is 4.88. The number of hydrogen-bond acceptors (Lipinski definition) is 3. The van der Waals surface area contributed by atoms with E-state index in [2.05, 4.69) is 5.32 Å². The van der Waals surface area contributed by atoms with Gasteiger partial charge in [0, 0.05) is 18.9 Å². The highest BCUT2D eigenvalue weighted by Crippen LogP contribution is 2.28. The van der Waals surface area contributed by atoms with Crippen LogP contribution in [0.25, 0.3) is 0 Å². The van der Waals surface area contributed by atoms with Crippen LogP contribution in [0.3, 0.4) is 0 Å². The highest BCUT2D eigenvalue weighted by atomic mass is 32.1. The lowest BCUT2D eigenvalue weighted by atomic mass is 10.1. The molecule has 2 atom stereocenters. The van der Waals surface area contributed by atoms with E-state index in [0.717, 1.165) is 17.7 Å². The molecule has 1 aromatic rings. The van der Waals surface area contributed by atoms with Crippen LogP contribution in [0.1, 0.15) is 25.3 Å². The zero-order valence-corrected chi connectivity index (χ0v) is 11.7. The molecule has 0 radical (unpaired) electrons. The number of amides is 1. The van der Waals surface area contributed by atoms with Crippen molar-refractivity contribution in [3.63, 3.8) is 0 Å². The normalized spacial score (nSPS) is 18.3. The standard InChI is InChI=1S/C14H18N2O2S/c1-2-10(8-13(15)19)16-14(17)12-7-9-5-3-4-6-11(9)18-12/h3-6,10,12H,2,7-8H2,1H3,(H2,15,19)(H,16,17). The predicted molar refractivity (Wildman–Crippen MR) is 78.2 cm³/mol. The van der Waals surface area contributed by atoms with E-state index in [1.165, 1.54) is 0 Å². The molecule has 5 heteroatoms. The van der Waals surface area contributed by atoms with Gasteiger partial charge >= 0.3 is 0 Å². The summed E-state index contributed by atoms with van der Waals surface area (Å²) in [6.07, 6.45) is 1.49. The summed E-state index contributed by atoms with van der Waals surface area (Å²) in [4.78, 5) is 12.6. The number of para-hydroxylation sites is 1. The molecule has 1 amide bonds. The third-order valence-electron chi connectivity index (χ3n) is 3.23. The molecule has 3 N–H and O–H groups in total. The number of hydrogen-bond donors (Lipinski definition) is 2. The quantitative estimate of drug-likeness (QED) is 0.802. The summed E-state index contributed by atoms with van der Waals surface area (Å²) in [7, 11) is 0. The number of ether oxygens (including phenoxy) is 1. The van der Waals surface area contributed by atoms with Crippen LogP contribution in [0.4, 0.5) is 0 Å². The molecule has 1 aromatic carbocycles. The van der Waals surface area contributed by atoms with Crippen molar-refractivity contribution in [1.82, 2.24) is 5.32 Å². The molecule has 4 nitrogen and oxygen atoms in total. The largest absolute Gasteiger partial charge is 0.480 e. The Kier molecular flexibility index (Phi) is 4.37. The number of nitrogens with two attached hydrogens (primary N) is 1. The van der Waals surface area contributed by atoms with Crippen LogP contribution in [0.2, 0.25) is 0 Å². The second kappa shape index (κ2) is 6.02. The molecule has 1 aliphatic rings. The smallest absolute Gasteiger partial charge is 0.261 e. The summed E-state index contributed by atoms with van der Waals surface area (Å²) < 4.78 is 5.64. The van der Waals surface area contributed by atoms with E-state index in [0.29, 0.717) is 17.8 Å². The molecule has 1 heterocycles. The molecule has 2 unspecified atom stereocenters. The van der Waals surface area contributed by atoms with Crippen molar-refractivity contribution in [1.29, 1.82) is 0 Å². The topological polar surface area (TPSA) is 64.3 Å². The molecular weight excluding hydrogens is 260 g/mol. The van der Waals surface area contributed by atoms with Crippen molar-refractivity contribution in [3.05, 3.63) is 29.8 Å². The Hall–Kier alpha value is -1.62. The Balaban J connectivity index is 1.93. The molecule has 0 fully saturated rings. The summed E-state index contributed by atoms with van der Waals surface area (Å²) in [5.74, 6) is 0.698. The van der Waals surface area contributed by atoms with Gasteiger partial charge in [0.15, 0.2) is 6.10 Å². The van der Waals surface area contributed by atoms with Crippen LogP contribution in [0.5, 0.6) is 5.75 Å². The SMILES string of the molecule is CCC(CC(N)=S)NC(=O)C1Cc2ccccc2O1. The Morgan fingerprint density at radius 1 is 1.58 bits per heavy atom. The first-order valence-electron chi connectivity index (χ1n) is 6.43. The molecule has 0 bridgehead atoms. The van der Waals surface area contributed by atoms with E-state index in [9.17, 15) is 4.79 Å². The highest BCUT2D eigenvalue weighted by Gasteiger charge is 2.29. The van der Waals surface area contributed by atoms with E-state index < -0.39 is 6.10 Å². The monoisotopic (exact) mass is 278 g/mol. The van der Waals surface area contributed by atoms with Crippen molar-refractivity contribution in [2.45, 2.75) is 38.3 Å². The highest BCUT2D eigenvalue weighted by molar-refractivity contribution is 7.80. The molecule has 0 spiro atoms. The van der Waals surface area contributed by atoms with Crippen LogP contribution >= 0.6 is 12.2 Å². The van der Waals surface area contributed by atoms with Crippen LogP contribution in [-0.2, 0) is 11.2 Å². The lowest BCUT2D eigenvalue weighted by molar-refractivity contribution is -0.127. The van der Waals surface area contributed by atoms with Crippen molar-refractivity contribution in [2.75, 3.05) is 0 Å². The number of rotatable bonds is 5. The summed E-state index contributed by atoms with van der Waals surface area (Å²) in [6.45, 7) is 1.99. The van der Waals surface area contributed by atoms with Gasteiger partial charge in [0.2, 0.25) is 0 Å². The Morgan fingerprint density at radius 2 is 2.32 bits per heavy atom. The van der Waals surface area contributed by atoms with E-state index in [-0.39, 0.29) is 11.9 Å². The third-order valence-corrected chi connectivity index (χ3v) is 3.39. The minimum Gasteiger partial charge on any atom is -0.480 e. The van der Waals surface area contributed by atoms with Gasteiger partial charge in [0.1, 0.15) is 5.75 Å². The maximum Gasteiger partial charge on any atom is 0.261 e. The lowest BCUT2D eigenvalue weighted by Gasteiger charge is -2.18. The molecule has 0 saturated heterocycles. The lowest BCUT2D eigenvalue weighted by Crippen LogP contribution is -2.44. The third kappa shape index (κ3) is 3.44. The van der Waals surface area contributed by atoms with Crippen LogP contribution < -0.4 is 15.8 Å². The van der Waals surface area contributed by atoms with Crippen LogP contribution in [-0.4, -0.2) is 23.0 Å². The molecule has 19 heavy (non-hydrogen) atoms. The second-order valence-electron chi connectivity index (χ2n) is 4.70. The van der Waals surface area contributed by atoms with Crippen molar-refractivity contribution in [3.8, 4) is 5.75 Å². The first-order chi connectivity index (χ1) is 9.10. The van der Waals surface area contributed by atoms with Gasteiger partial charge in [-0.25, -0.2) is 0 Å². The number of fused-ring (bicyclic) bond motifs is 1. The van der Waals surface area contributed by atoms with Gasteiger partial charge in [-0.05, 0) is 18.1 Å². The molecule has 2 rings (SSSR count). The number of nitrogens with one attached hydrogen (secondary N) is 1. The van der Waals surface area contributed by atoms with Gasteiger partial charge in [0.25, 0.3) is 5.91 Å². The maximum atomic E-state index is 12.1. The summed E-state index contributed by atoms with van der Waals surface area (Å²) in [5.41, 5.74) is 6.59. The van der Waals surface area contributed by atoms with Crippen molar-refractivity contribution in [2.24, 2.45) is 5.73 Å². The molecule has 0 saturated carbocycles. The van der Waals surface area contributed by atoms with Gasteiger partial charge in [0.05, 0.1) is 4.99 Å². The fourth-order valence-electron chi connectivity index (χ4n) is 2.16. The number of carbonyl (C=O) groups is 1. The molecular formula is C14H18N2O2S. The Bertz CT molecular complexity index is 465. The average Bonchev–Trinajstić information content (AvgIpc) is 2.81. The Morgan fingerprint density at radius 3 is 2.95 bits per heavy atom.